The van der Waals surface area contributed by atoms with Crippen molar-refractivity contribution in [1.82, 2.24) is 0 Å². The first-order valence-corrected chi connectivity index (χ1v) is 14.5. The molecule has 50 heavy (non-hydrogen) atoms. The van der Waals surface area contributed by atoms with Crippen molar-refractivity contribution in [2.45, 2.75) is 104 Å². The molecular formula is C28H60O22. The molecule has 0 aromatic carbocycles. The average molecular weight is 749 g/mol. The maximum Gasteiger partial charge on any atom is 0.332 e. The van der Waals surface area contributed by atoms with Crippen LogP contribution in [-0.4, -0.2) is 182 Å². The van der Waals surface area contributed by atoms with E-state index in [4.69, 9.17) is 91.3 Å². The Balaban J connectivity index is -0.0000000685. The molecule has 0 saturated carbocycles. The Hall–Kier alpha value is -3.58. The molecule has 4 unspecified atom stereocenters. The van der Waals surface area contributed by atoms with Gasteiger partial charge in [0.15, 0.2) is 24.4 Å². The highest BCUT2D eigenvalue weighted by Gasteiger charge is 2.17. The van der Waals surface area contributed by atoms with E-state index in [2.05, 4.69) is 0 Å². The number of hydrogen-bond acceptors (Lipinski definition) is 16. The van der Waals surface area contributed by atoms with Crippen LogP contribution in [0.25, 0.3) is 0 Å². The van der Waals surface area contributed by atoms with Gasteiger partial charge in [0.05, 0.1) is 26.4 Å². The van der Waals surface area contributed by atoms with Crippen LogP contribution in [0, 0.1) is 11.8 Å². The van der Waals surface area contributed by atoms with E-state index in [1.54, 1.807) is 27.7 Å². The molecule has 0 fully saturated rings. The second-order valence-corrected chi connectivity index (χ2v) is 9.59. The lowest BCUT2D eigenvalue weighted by Crippen LogP contribution is -2.25. The van der Waals surface area contributed by atoms with E-state index in [1.807, 2.05) is 13.8 Å². The van der Waals surface area contributed by atoms with Gasteiger partial charge in [0.25, 0.3) is 12.9 Å². The predicted molar refractivity (Wildman–Crippen MR) is 172 cm³/mol. The second kappa shape index (κ2) is 49.8. The normalized spacial score (nSPS) is 11.6. The molecule has 22 nitrogen and oxygen atoms in total. The van der Waals surface area contributed by atoms with Crippen LogP contribution in [-0.2, 0) is 28.8 Å². The van der Waals surface area contributed by atoms with Gasteiger partial charge in [-0.15, -0.1) is 0 Å². The lowest BCUT2D eigenvalue weighted by molar-refractivity contribution is -0.149. The van der Waals surface area contributed by atoms with Gasteiger partial charge in [-0.2, -0.15) is 0 Å². The minimum atomic E-state index is -1.21. The molecule has 0 aromatic rings. The van der Waals surface area contributed by atoms with E-state index >= 15 is 0 Å². The number of rotatable bonds is 14. The molecule has 0 aliphatic heterocycles. The molecule has 0 rings (SSSR count). The van der Waals surface area contributed by atoms with Crippen molar-refractivity contribution in [2.75, 3.05) is 26.4 Å². The summed E-state index contributed by atoms with van der Waals surface area (Å²) in [6, 6.07) is 0. The molecule has 16 N–H and O–H groups in total. The number of carboxylic acid groups (broad SMARTS) is 6. The molecule has 0 heterocycles. The maximum absolute atomic E-state index is 9.89. The SMILES string of the molecule is CC(C)C(O)C(=O)O.CC(C)C(O)C(=O)O.CCCC(O)C(=O)O.CCCC(O)C(=O)O.O=CO.O=CO.OCC(O)CO.OCC(O)CO. The molecule has 0 radical (unpaired) electrons. The van der Waals surface area contributed by atoms with Gasteiger partial charge in [-0.1, -0.05) is 54.4 Å². The summed E-state index contributed by atoms with van der Waals surface area (Å²) < 4.78 is 0. The summed E-state index contributed by atoms with van der Waals surface area (Å²) in [5.74, 6) is -4.97. The highest BCUT2D eigenvalue weighted by atomic mass is 16.4. The molecule has 0 amide bonds. The largest absolute Gasteiger partial charge is 0.483 e. The first-order valence-electron chi connectivity index (χ1n) is 14.5. The summed E-state index contributed by atoms with van der Waals surface area (Å²) in [7, 11) is 0. The highest BCUT2D eigenvalue weighted by Crippen LogP contribution is 2.00. The van der Waals surface area contributed by atoms with Crippen LogP contribution in [0.2, 0.25) is 0 Å². The zero-order chi connectivity index (χ0) is 42.0. The fourth-order valence-electron chi connectivity index (χ4n) is 1.48. The van der Waals surface area contributed by atoms with E-state index in [1.165, 1.54) is 0 Å². The van der Waals surface area contributed by atoms with Crippen LogP contribution in [0.4, 0.5) is 0 Å². The second-order valence-electron chi connectivity index (χ2n) is 9.59. The van der Waals surface area contributed by atoms with Crippen LogP contribution in [0.15, 0.2) is 0 Å². The van der Waals surface area contributed by atoms with E-state index in [0.29, 0.717) is 25.7 Å². The van der Waals surface area contributed by atoms with E-state index < -0.39 is 60.5 Å². The van der Waals surface area contributed by atoms with Gasteiger partial charge in [-0.25, -0.2) is 19.2 Å². The third-order valence-corrected chi connectivity index (χ3v) is 4.31. The standard InChI is InChI=1S/4C5H10O3.2C3H8O3.2CH2O2/c2*1-3(2)4(6)5(7)8;2*1-2-3-4(6)5(7)8;2*4-1-3(6)2-5;2*2-1-3/h2*3-4,6H,1-2H3,(H,7,8);2*4,6H,2-3H2,1H3,(H,7,8);2*3-6H,1-2H2;2*1H,(H,2,3). The number of aliphatic hydroxyl groups excluding tert-OH is 10. The minimum absolute atomic E-state index is 0.201. The molecule has 22 heteroatoms. The zero-order valence-corrected chi connectivity index (χ0v) is 29.0. The summed E-state index contributed by atoms with van der Waals surface area (Å²) in [5.41, 5.74) is 0. The first-order chi connectivity index (χ1) is 22.9. The van der Waals surface area contributed by atoms with Gasteiger partial charge in [0.1, 0.15) is 12.2 Å². The number of aliphatic hydroxyl groups is 10. The first kappa shape index (κ1) is 64.9. The van der Waals surface area contributed by atoms with E-state index in [-0.39, 0.29) is 51.2 Å². The monoisotopic (exact) mass is 748 g/mol. The van der Waals surface area contributed by atoms with Crippen LogP contribution in [0.5, 0.6) is 0 Å². The summed E-state index contributed by atoms with van der Waals surface area (Å²) in [6.45, 7) is 8.30. The fourth-order valence-corrected chi connectivity index (χ4v) is 1.48. The Morgan fingerprint density at radius 3 is 0.680 bits per heavy atom. The summed E-state index contributed by atoms with van der Waals surface area (Å²) in [6.07, 6.45) is -4.58. The third-order valence-electron chi connectivity index (χ3n) is 4.31. The van der Waals surface area contributed by atoms with Crippen molar-refractivity contribution in [1.29, 1.82) is 0 Å². The molecule has 0 saturated heterocycles. The molecule has 4 atom stereocenters. The lowest BCUT2D eigenvalue weighted by atomic mass is 10.1. The van der Waals surface area contributed by atoms with E-state index in [9.17, 15) is 19.2 Å². The smallest absolute Gasteiger partial charge is 0.332 e. The Labute approximate surface area is 289 Å². The number of aliphatic carboxylic acids is 4. The Kier molecular flexibility index (Phi) is 64.6. The van der Waals surface area contributed by atoms with Gasteiger partial charge >= 0.3 is 23.9 Å². The van der Waals surface area contributed by atoms with Crippen molar-refractivity contribution < 1.29 is 110 Å². The maximum atomic E-state index is 9.89. The molecular weight excluding hydrogens is 688 g/mol. The van der Waals surface area contributed by atoms with E-state index in [0.717, 1.165) is 0 Å². The topological polar surface area (TPSA) is 426 Å². The summed E-state index contributed by atoms with van der Waals surface area (Å²) in [4.78, 5) is 56.2. The van der Waals surface area contributed by atoms with Crippen LogP contribution in [0.3, 0.4) is 0 Å². The molecule has 0 aliphatic rings. The quantitative estimate of drug-likeness (QED) is 0.0774. The van der Waals surface area contributed by atoms with Crippen molar-refractivity contribution in [3.05, 3.63) is 0 Å². The Morgan fingerprint density at radius 1 is 0.480 bits per heavy atom. The van der Waals surface area contributed by atoms with Crippen molar-refractivity contribution >= 4 is 36.8 Å². The molecule has 0 spiro atoms. The zero-order valence-electron chi connectivity index (χ0n) is 29.0. The van der Waals surface area contributed by atoms with Crippen LogP contribution in [0.1, 0.15) is 67.2 Å². The summed E-state index contributed by atoms with van der Waals surface area (Å²) in [5, 5.41) is 128. The number of hydrogen-bond donors (Lipinski definition) is 16. The molecule has 0 aliphatic carbocycles. The Morgan fingerprint density at radius 2 is 0.660 bits per heavy atom. The predicted octanol–water partition coefficient (Wildman–Crippen LogP) is -3.29. The van der Waals surface area contributed by atoms with Crippen molar-refractivity contribution in [3.8, 4) is 0 Å². The Bertz CT molecular complexity index is 694. The van der Waals surface area contributed by atoms with Gasteiger partial charge in [0, 0.05) is 0 Å². The fraction of sp³-hybridized carbons (Fsp3) is 0.786. The lowest BCUT2D eigenvalue weighted by Gasteiger charge is -2.06. The van der Waals surface area contributed by atoms with Crippen LogP contribution >= 0.6 is 0 Å². The van der Waals surface area contributed by atoms with Gasteiger partial charge < -0.3 is 81.7 Å². The molecule has 0 aromatic heterocycles. The highest BCUT2D eigenvalue weighted by molar-refractivity contribution is 5.72. The van der Waals surface area contributed by atoms with Gasteiger partial charge in [0.2, 0.25) is 0 Å². The third kappa shape index (κ3) is 70.7. The number of carbonyl (C=O) groups is 6. The molecule has 304 valence electrons. The van der Waals surface area contributed by atoms with Crippen molar-refractivity contribution in [3.63, 3.8) is 0 Å². The van der Waals surface area contributed by atoms with Gasteiger partial charge in [-0.05, 0) is 24.7 Å². The molecule has 0 bridgehead atoms. The summed E-state index contributed by atoms with van der Waals surface area (Å²) >= 11 is 0. The van der Waals surface area contributed by atoms with Gasteiger partial charge in [-0.3, -0.25) is 9.59 Å². The van der Waals surface area contributed by atoms with Crippen molar-refractivity contribution in [2.24, 2.45) is 11.8 Å². The number of carboxylic acids is 4. The average Bonchev–Trinajstić information content (AvgIpc) is 3.05. The minimum Gasteiger partial charge on any atom is -0.483 e. The van der Waals surface area contributed by atoms with Crippen LogP contribution < -0.4 is 0 Å².